The molecule has 0 saturated carbocycles. The maximum absolute atomic E-state index is 6.15. The molecule has 0 aromatic heterocycles. The number of benzene rings is 1. The highest BCUT2D eigenvalue weighted by Gasteiger charge is 2.58. The van der Waals surface area contributed by atoms with E-state index in [2.05, 4.69) is 0 Å². The van der Waals surface area contributed by atoms with E-state index in [1.54, 1.807) is 0 Å². The van der Waals surface area contributed by atoms with Crippen LogP contribution in [-0.4, -0.2) is 48.9 Å². The van der Waals surface area contributed by atoms with Crippen LogP contribution in [0.25, 0.3) is 0 Å². The molecular weight excluding hydrogens is 324 g/mol. The predicted molar refractivity (Wildman–Crippen MR) is 88.6 cm³/mol. The van der Waals surface area contributed by atoms with Crippen LogP contribution in [0.4, 0.5) is 0 Å². The molecule has 3 fully saturated rings. The summed E-state index contributed by atoms with van der Waals surface area (Å²) in [5.41, 5.74) is 1.11. The second-order valence-corrected chi connectivity index (χ2v) is 7.70. The molecule has 3 heterocycles. The van der Waals surface area contributed by atoms with Crippen molar-refractivity contribution in [2.24, 2.45) is 0 Å². The van der Waals surface area contributed by atoms with E-state index in [0.717, 1.165) is 5.56 Å². The van der Waals surface area contributed by atoms with E-state index in [-0.39, 0.29) is 24.4 Å². The Balaban J connectivity index is 1.52. The number of hydrogen-bond donors (Lipinski definition) is 0. The Hall–Kier alpha value is -1.02. The lowest BCUT2D eigenvalue weighted by Crippen LogP contribution is -2.44. The van der Waals surface area contributed by atoms with Crippen molar-refractivity contribution in [1.82, 2.24) is 0 Å². The number of hydrogen-bond acceptors (Lipinski definition) is 6. The third kappa shape index (κ3) is 3.60. The van der Waals surface area contributed by atoms with E-state index in [0.29, 0.717) is 13.2 Å². The van der Waals surface area contributed by atoms with Gasteiger partial charge in [0.25, 0.3) is 0 Å². The lowest BCUT2D eigenvalue weighted by atomic mass is 10.0. The third-order valence-electron chi connectivity index (χ3n) is 4.67. The van der Waals surface area contributed by atoms with Crippen LogP contribution in [0, 0.1) is 0 Å². The van der Waals surface area contributed by atoms with E-state index in [1.165, 1.54) is 0 Å². The van der Waals surface area contributed by atoms with Gasteiger partial charge in [-0.1, -0.05) is 30.3 Å². The second-order valence-electron chi connectivity index (χ2n) is 7.70. The zero-order chi connectivity index (χ0) is 17.7. The zero-order valence-electron chi connectivity index (χ0n) is 15.1. The molecule has 4 rings (SSSR count). The average molecular weight is 350 g/mol. The molecule has 0 aliphatic carbocycles. The number of fused-ring (bicyclic) bond motifs is 3. The van der Waals surface area contributed by atoms with E-state index >= 15 is 0 Å². The summed E-state index contributed by atoms with van der Waals surface area (Å²) in [4.78, 5) is 0. The first-order valence-corrected chi connectivity index (χ1v) is 8.81. The summed E-state index contributed by atoms with van der Waals surface area (Å²) in [6, 6.07) is 10.1. The fourth-order valence-electron chi connectivity index (χ4n) is 3.67. The van der Waals surface area contributed by atoms with Crippen molar-refractivity contribution in [1.29, 1.82) is 0 Å². The summed E-state index contributed by atoms with van der Waals surface area (Å²) in [5, 5.41) is 0. The van der Waals surface area contributed by atoms with Gasteiger partial charge in [0, 0.05) is 0 Å². The SMILES string of the molecule is CC1(C)O[C@H]2OC[C@@H](OCc3ccccc3)[C@H]3OC(C)(C)O[C@@H]3[C@H]2O1. The lowest BCUT2D eigenvalue weighted by Gasteiger charge is -2.26. The van der Waals surface area contributed by atoms with E-state index in [4.69, 9.17) is 28.4 Å². The molecule has 138 valence electrons. The lowest BCUT2D eigenvalue weighted by molar-refractivity contribution is -0.210. The molecule has 0 N–H and O–H groups in total. The maximum atomic E-state index is 6.15. The molecule has 0 radical (unpaired) electrons. The van der Waals surface area contributed by atoms with Crippen LogP contribution >= 0.6 is 0 Å². The Kier molecular flexibility index (Phi) is 4.38. The highest BCUT2D eigenvalue weighted by molar-refractivity contribution is 5.13. The molecule has 6 nitrogen and oxygen atoms in total. The summed E-state index contributed by atoms with van der Waals surface area (Å²) in [7, 11) is 0. The summed E-state index contributed by atoms with van der Waals surface area (Å²) >= 11 is 0. The van der Waals surface area contributed by atoms with Crippen LogP contribution in [-0.2, 0) is 35.0 Å². The Morgan fingerprint density at radius 2 is 1.52 bits per heavy atom. The molecule has 0 spiro atoms. The van der Waals surface area contributed by atoms with Gasteiger partial charge >= 0.3 is 0 Å². The van der Waals surface area contributed by atoms with Crippen molar-refractivity contribution in [2.45, 2.75) is 76.6 Å². The first-order chi connectivity index (χ1) is 11.8. The monoisotopic (exact) mass is 350 g/mol. The standard InChI is InChI=1S/C19H26O6/c1-18(2)22-14-13(20-10-12-8-6-5-7-9-12)11-21-17-16(15(14)23-18)24-19(3,4)25-17/h5-9,13-17H,10-11H2,1-4H3/t13-,14-,15+,16-,17-/m1/s1. The normalized spacial score (nSPS) is 38.8. The van der Waals surface area contributed by atoms with Gasteiger partial charge in [0.2, 0.25) is 0 Å². The largest absolute Gasteiger partial charge is 0.368 e. The highest BCUT2D eigenvalue weighted by atomic mass is 16.8. The molecule has 3 saturated heterocycles. The zero-order valence-corrected chi connectivity index (χ0v) is 15.1. The van der Waals surface area contributed by atoms with Crippen LogP contribution in [0.15, 0.2) is 30.3 Å². The highest BCUT2D eigenvalue weighted by Crippen LogP contribution is 2.42. The number of rotatable bonds is 3. The molecule has 0 unspecified atom stereocenters. The summed E-state index contributed by atoms with van der Waals surface area (Å²) in [6.45, 7) is 8.44. The number of ether oxygens (including phenoxy) is 6. The Morgan fingerprint density at radius 1 is 0.880 bits per heavy atom. The van der Waals surface area contributed by atoms with Crippen molar-refractivity contribution < 1.29 is 28.4 Å². The van der Waals surface area contributed by atoms with Crippen LogP contribution in [0.2, 0.25) is 0 Å². The fraction of sp³-hybridized carbons (Fsp3) is 0.684. The Labute approximate surface area is 148 Å². The Bertz CT molecular complexity index is 601. The van der Waals surface area contributed by atoms with E-state index in [1.807, 2.05) is 58.0 Å². The van der Waals surface area contributed by atoms with Crippen LogP contribution in [0.1, 0.15) is 33.3 Å². The topological polar surface area (TPSA) is 55.4 Å². The van der Waals surface area contributed by atoms with Gasteiger partial charge in [-0.25, -0.2) is 0 Å². The first kappa shape index (κ1) is 17.4. The van der Waals surface area contributed by atoms with Crippen molar-refractivity contribution in [3.05, 3.63) is 35.9 Å². The fourth-order valence-corrected chi connectivity index (χ4v) is 3.67. The summed E-state index contributed by atoms with van der Waals surface area (Å²) in [5.74, 6) is -1.39. The quantitative estimate of drug-likeness (QED) is 0.835. The molecular formula is C19H26O6. The van der Waals surface area contributed by atoms with Crippen molar-refractivity contribution >= 4 is 0 Å². The minimum atomic E-state index is -0.701. The van der Waals surface area contributed by atoms with E-state index in [9.17, 15) is 0 Å². The van der Waals surface area contributed by atoms with Gasteiger partial charge in [-0.15, -0.1) is 0 Å². The van der Waals surface area contributed by atoms with Crippen molar-refractivity contribution in [3.8, 4) is 0 Å². The summed E-state index contributed by atoms with van der Waals surface area (Å²) in [6.07, 6.45) is -1.65. The van der Waals surface area contributed by atoms with Gasteiger partial charge in [0.05, 0.1) is 13.2 Å². The van der Waals surface area contributed by atoms with Crippen LogP contribution in [0.5, 0.6) is 0 Å². The molecule has 5 atom stereocenters. The molecule has 3 aliphatic rings. The van der Waals surface area contributed by atoms with Crippen LogP contribution < -0.4 is 0 Å². The van der Waals surface area contributed by atoms with Gasteiger partial charge in [-0.2, -0.15) is 0 Å². The predicted octanol–water partition coefficient (Wildman–Crippen LogP) is 2.60. The van der Waals surface area contributed by atoms with Gasteiger partial charge in [-0.3, -0.25) is 0 Å². The minimum absolute atomic E-state index is 0.257. The minimum Gasteiger partial charge on any atom is -0.368 e. The van der Waals surface area contributed by atoms with Gasteiger partial charge in [-0.05, 0) is 33.3 Å². The third-order valence-corrected chi connectivity index (χ3v) is 4.67. The molecule has 1 aromatic rings. The van der Waals surface area contributed by atoms with Crippen molar-refractivity contribution in [2.75, 3.05) is 6.61 Å². The maximum Gasteiger partial charge on any atom is 0.189 e. The van der Waals surface area contributed by atoms with Gasteiger partial charge < -0.3 is 28.4 Å². The molecule has 1 aromatic carbocycles. The van der Waals surface area contributed by atoms with Crippen LogP contribution in [0.3, 0.4) is 0 Å². The summed E-state index contributed by atoms with van der Waals surface area (Å²) < 4.78 is 36.3. The molecule has 0 amide bonds. The molecule has 0 bridgehead atoms. The first-order valence-electron chi connectivity index (χ1n) is 8.81. The van der Waals surface area contributed by atoms with Gasteiger partial charge in [0.15, 0.2) is 17.9 Å². The molecule has 25 heavy (non-hydrogen) atoms. The Morgan fingerprint density at radius 3 is 2.28 bits per heavy atom. The van der Waals surface area contributed by atoms with E-state index < -0.39 is 17.9 Å². The smallest absolute Gasteiger partial charge is 0.189 e. The average Bonchev–Trinajstić information content (AvgIpc) is 3.00. The molecule has 6 heteroatoms. The molecule has 3 aliphatic heterocycles. The van der Waals surface area contributed by atoms with Gasteiger partial charge in [0.1, 0.15) is 24.4 Å². The van der Waals surface area contributed by atoms with Crippen molar-refractivity contribution in [3.63, 3.8) is 0 Å². The second kappa shape index (κ2) is 6.30.